The van der Waals surface area contributed by atoms with Gasteiger partial charge >= 0.3 is 0 Å². The average molecular weight is 398 g/mol. The quantitative estimate of drug-likeness (QED) is 0.295. The van der Waals surface area contributed by atoms with E-state index >= 15 is 0 Å². The Bertz CT molecular complexity index is 408. The van der Waals surface area contributed by atoms with E-state index in [0.717, 1.165) is 64.7 Å². The van der Waals surface area contributed by atoms with Gasteiger partial charge in [0.1, 0.15) is 0 Å². The van der Waals surface area contributed by atoms with Crippen LogP contribution in [0.3, 0.4) is 0 Å². The minimum atomic E-state index is 0.687. The first-order chi connectivity index (χ1) is 13.8. The Morgan fingerprint density at radius 1 is 1.00 bits per heavy atom. The first-order valence-electron chi connectivity index (χ1n) is 11.4. The van der Waals surface area contributed by atoms with Crippen LogP contribution in [0.2, 0.25) is 0 Å². The van der Waals surface area contributed by atoms with Gasteiger partial charge in [0, 0.05) is 72.7 Å². The third-order valence-electron chi connectivity index (χ3n) is 5.78. The van der Waals surface area contributed by atoms with Crippen LogP contribution in [0.25, 0.3) is 0 Å². The highest BCUT2D eigenvalue weighted by Gasteiger charge is 2.15. The van der Waals surface area contributed by atoms with Crippen molar-refractivity contribution in [2.45, 2.75) is 39.0 Å². The molecule has 0 atom stereocenters. The van der Waals surface area contributed by atoms with Crippen molar-refractivity contribution < 1.29 is 9.47 Å². The van der Waals surface area contributed by atoms with Gasteiger partial charge in [0.25, 0.3) is 0 Å². The summed E-state index contributed by atoms with van der Waals surface area (Å²) in [6, 6.07) is 0. The Balaban J connectivity index is 1.39. The molecule has 0 aromatic heterocycles. The Morgan fingerprint density at radius 2 is 1.68 bits per heavy atom. The number of hydrogen-bond acceptors (Lipinski definition) is 5. The van der Waals surface area contributed by atoms with E-state index in [0.29, 0.717) is 5.92 Å². The molecule has 0 amide bonds. The van der Waals surface area contributed by atoms with Gasteiger partial charge in [-0.15, -0.1) is 0 Å². The summed E-state index contributed by atoms with van der Waals surface area (Å²) < 4.78 is 11.2. The highest BCUT2D eigenvalue weighted by Crippen LogP contribution is 2.14. The van der Waals surface area contributed by atoms with Crippen molar-refractivity contribution >= 4 is 5.96 Å². The van der Waals surface area contributed by atoms with Gasteiger partial charge < -0.3 is 29.9 Å². The monoisotopic (exact) mass is 397 g/mol. The topological polar surface area (TPSA) is 61.4 Å². The van der Waals surface area contributed by atoms with Gasteiger partial charge in [0.15, 0.2) is 5.96 Å². The molecule has 0 aromatic rings. The maximum Gasteiger partial charge on any atom is 0.190 e. The molecule has 2 aliphatic rings. The van der Waals surface area contributed by atoms with E-state index in [-0.39, 0.29) is 0 Å². The molecular weight excluding hydrogens is 354 g/mol. The fraction of sp³-hybridized carbons (Fsp3) is 0.952. The first-order valence-corrected chi connectivity index (χ1v) is 11.4. The Morgan fingerprint density at radius 3 is 2.36 bits per heavy atom. The average Bonchev–Trinajstić information content (AvgIpc) is 2.75. The summed E-state index contributed by atoms with van der Waals surface area (Å²) in [5.74, 6) is 1.59. The molecule has 2 N–H and O–H groups in total. The van der Waals surface area contributed by atoms with E-state index in [4.69, 9.17) is 9.47 Å². The van der Waals surface area contributed by atoms with E-state index in [1.807, 2.05) is 7.05 Å². The minimum Gasteiger partial charge on any atom is -0.381 e. The molecule has 0 unspecified atom stereocenters. The standard InChI is InChI=1S/C21H43N5O2/c1-3-25-12-14-26(15-13-25)11-5-4-9-23-21(22-2)24-10-6-16-28-19-20-7-17-27-18-8-20/h20H,3-19H2,1-2H3,(H2,22,23,24). The second-order valence-corrected chi connectivity index (χ2v) is 7.89. The molecule has 0 saturated carbocycles. The zero-order valence-corrected chi connectivity index (χ0v) is 18.3. The molecule has 0 aliphatic carbocycles. The molecule has 28 heavy (non-hydrogen) atoms. The van der Waals surface area contributed by atoms with Gasteiger partial charge in [-0.1, -0.05) is 6.92 Å². The number of ether oxygens (including phenoxy) is 2. The van der Waals surface area contributed by atoms with E-state index in [2.05, 4.69) is 32.3 Å². The number of nitrogens with one attached hydrogen (secondary N) is 2. The lowest BCUT2D eigenvalue weighted by Crippen LogP contribution is -2.46. The number of unbranched alkanes of at least 4 members (excludes halogenated alkanes) is 1. The van der Waals surface area contributed by atoms with E-state index in [1.165, 1.54) is 52.1 Å². The second kappa shape index (κ2) is 15.0. The molecule has 2 rings (SSSR count). The molecular formula is C21H43N5O2. The molecule has 0 spiro atoms. The van der Waals surface area contributed by atoms with E-state index in [1.54, 1.807) is 0 Å². The summed E-state index contributed by atoms with van der Waals surface area (Å²) in [5, 5.41) is 6.81. The number of aliphatic imine (C=N–C) groups is 1. The van der Waals surface area contributed by atoms with Gasteiger partial charge in [-0.05, 0) is 51.1 Å². The zero-order valence-electron chi connectivity index (χ0n) is 18.3. The van der Waals surface area contributed by atoms with Crippen molar-refractivity contribution in [3.05, 3.63) is 0 Å². The van der Waals surface area contributed by atoms with Gasteiger partial charge in [-0.25, -0.2) is 0 Å². The van der Waals surface area contributed by atoms with Crippen molar-refractivity contribution in [3.63, 3.8) is 0 Å². The van der Waals surface area contributed by atoms with Crippen LogP contribution in [-0.2, 0) is 9.47 Å². The number of guanidine groups is 1. The molecule has 7 nitrogen and oxygen atoms in total. The molecule has 2 aliphatic heterocycles. The van der Waals surface area contributed by atoms with Gasteiger partial charge in [0.2, 0.25) is 0 Å². The Hall–Kier alpha value is -0.890. The van der Waals surface area contributed by atoms with Crippen molar-refractivity contribution in [2.75, 3.05) is 85.8 Å². The Labute approximate surface area is 172 Å². The summed E-state index contributed by atoms with van der Waals surface area (Å²) in [6.07, 6.45) is 5.72. The molecule has 2 saturated heterocycles. The van der Waals surface area contributed by atoms with Crippen molar-refractivity contribution in [1.82, 2.24) is 20.4 Å². The number of likely N-dealkylation sites (N-methyl/N-ethyl adjacent to an activating group) is 1. The van der Waals surface area contributed by atoms with Crippen molar-refractivity contribution in [1.29, 1.82) is 0 Å². The molecule has 2 heterocycles. The number of hydrogen-bond donors (Lipinski definition) is 2. The number of piperazine rings is 1. The lowest BCUT2D eigenvalue weighted by atomic mass is 10.0. The van der Waals surface area contributed by atoms with Gasteiger partial charge in [0.05, 0.1) is 0 Å². The third kappa shape index (κ3) is 10.0. The van der Waals surface area contributed by atoms with Crippen LogP contribution in [0.1, 0.15) is 39.0 Å². The smallest absolute Gasteiger partial charge is 0.190 e. The van der Waals surface area contributed by atoms with Gasteiger partial charge in [-0.3, -0.25) is 4.99 Å². The summed E-state index contributed by atoms with van der Waals surface area (Å²) in [6.45, 7) is 14.9. The lowest BCUT2D eigenvalue weighted by Gasteiger charge is -2.34. The Kier molecular flexibility index (Phi) is 12.5. The first kappa shape index (κ1) is 23.4. The van der Waals surface area contributed by atoms with Crippen LogP contribution in [-0.4, -0.2) is 102 Å². The summed E-state index contributed by atoms with van der Waals surface area (Å²) in [5.41, 5.74) is 0. The predicted molar refractivity (Wildman–Crippen MR) is 116 cm³/mol. The van der Waals surface area contributed by atoms with Crippen LogP contribution < -0.4 is 10.6 Å². The highest BCUT2D eigenvalue weighted by molar-refractivity contribution is 5.79. The van der Waals surface area contributed by atoms with Crippen LogP contribution in [0.5, 0.6) is 0 Å². The largest absolute Gasteiger partial charge is 0.381 e. The van der Waals surface area contributed by atoms with Gasteiger partial charge in [-0.2, -0.15) is 0 Å². The van der Waals surface area contributed by atoms with Crippen molar-refractivity contribution in [3.8, 4) is 0 Å². The zero-order chi connectivity index (χ0) is 19.9. The predicted octanol–water partition coefficient (Wildman–Crippen LogP) is 1.40. The lowest BCUT2D eigenvalue weighted by molar-refractivity contribution is 0.0203. The summed E-state index contributed by atoms with van der Waals surface area (Å²) in [4.78, 5) is 9.44. The van der Waals surface area contributed by atoms with Crippen LogP contribution in [0, 0.1) is 5.92 Å². The van der Waals surface area contributed by atoms with E-state index in [9.17, 15) is 0 Å². The fourth-order valence-corrected chi connectivity index (χ4v) is 3.76. The summed E-state index contributed by atoms with van der Waals surface area (Å²) >= 11 is 0. The maximum atomic E-state index is 5.81. The maximum absolute atomic E-state index is 5.81. The van der Waals surface area contributed by atoms with E-state index < -0.39 is 0 Å². The number of nitrogens with zero attached hydrogens (tertiary/aromatic N) is 3. The number of rotatable bonds is 12. The third-order valence-corrected chi connectivity index (χ3v) is 5.78. The van der Waals surface area contributed by atoms with Crippen molar-refractivity contribution in [2.24, 2.45) is 10.9 Å². The SMILES string of the molecule is CCN1CCN(CCCCNC(=NC)NCCCOCC2CCOCC2)CC1. The minimum absolute atomic E-state index is 0.687. The molecule has 0 bridgehead atoms. The van der Waals surface area contributed by atoms with Crippen LogP contribution >= 0.6 is 0 Å². The normalized spacial score (nSPS) is 20.4. The molecule has 0 radical (unpaired) electrons. The summed E-state index contributed by atoms with van der Waals surface area (Å²) in [7, 11) is 1.84. The second-order valence-electron chi connectivity index (χ2n) is 7.89. The molecule has 0 aromatic carbocycles. The molecule has 7 heteroatoms. The van der Waals surface area contributed by atoms with Crippen LogP contribution in [0.15, 0.2) is 4.99 Å². The molecule has 164 valence electrons. The highest BCUT2D eigenvalue weighted by atomic mass is 16.5. The van der Waals surface area contributed by atoms with Crippen LogP contribution in [0.4, 0.5) is 0 Å². The fourth-order valence-electron chi connectivity index (χ4n) is 3.76. The molecule has 2 fully saturated rings.